The fourth-order valence-corrected chi connectivity index (χ4v) is 19.4. The van der Waals surface area contributed by atoms with Gasteiger partial charge in [-0.15, -0.1) is 0 Å². The number of nitrogens with zero attached hydrogens (tertiary/aromatic N) is 6. The molecule has 14 aromatic carbocycles. The second-order valence-corrected chi connectivity index (χ2v) is 30.4. The lowest BCUT2D eigenvalue weighted by Crippen LogP contribution is -2.26. The molecule has 0 N–H and O–H groups in total. The Bertz CT molecular complexity index is 6980. The molecule has 0 bridgehead atoms. The van der Waals surface area contributed by atoms with E-state index in [1.807, 2.05) is 24.7 Å². The zero-order chi connectivity index (χ0) is 75.0. The van der Waals surface area contributed by atoms with E-state index in [-0.39, 0.29) is 0 Å². The highest BCUT2D eigenvalue weighted by molar-refractivity contribution is 6.05. The average molecular weight is 1440 g/mol. The summed E-state index contributed by atoms with van der Waals surface area (Å²) in [6.45, 7) is 6.30. The van der Waals surface area contributed by atoms with E-state index in [0.29, 0.717) is 11.6 Å². The molecule has 0 fully saturated rings. The molecule has 4 heterocycles. The van der Waals surface area contributed by atoms with Gasteiger partial charge in [0.25, 0.3) is 0 Å². The Labute approximate surface area is 657 Å². The Morgan fingerprint density at radius 1 is 0.212 bits per heavy atom. The van der Waals surface area contributed by atoms with Gasteiger partial charge in [0.15, 0.2) is 11.6 Å². The third kappa shape index (κ3) is 10.1. The van der Waals surface area contributed by atoms with Crippen molar-refractivity contribution in [1.29, 1.82) is 0 Å². The Balaban J connectivity index is 0.705. The molecule has 0 aliphatic heterocycles. The quantitative estimate of drug-likeness (QED) is 0.128. The van der Waals surface area contributed by atoms with Crippen LogP contribution >= 0.6 is 0 Å². The van der Waals surface area contributed by atoms with Crippen LogP contribution in [-0.4, -0.2) is 29.9 Å². The lowest BCUT2D eigenvalue weighted by molar-refractivity contribution is 0.794. The summed E-state index contributed by atoms with van der Waals surface area (Å²) in [5.41, 5.74) is 42.5. The van der Waals surface area contributed by atoms with Crippen molar-refractivity contribution in [2.45, 2.75) is 31.6 Å². The number of aromatic nitrogens is 6. The summed E-state index contributed by atoms with van der Waals surface area (Å²) in [7, 11) is 0. The summed E-state index contributed by atoms with van der Waals surface area (Å²) < 4.78 is 0. The highest BCUT2D eigenvalue weighted by Crippen LogP contribution is 2.67. The minimum absolute atomic E-state index is 0.641. The zero-order valence-electron chi connectivity index (χ0n) is 62.4. The van der Waals surface area contributed by atoms with Crippen LogP contribution < -0.4 is 0 Å². The van der Waals surface area contributed by atoms with Gasteiger partial charge in [-0.2, -0.15) is 0 Å². The Morgan fingerprint density at radius 2 is 0.637 bits per heavy atom. The molecule has 22 rings (SSSR count). The molecule has 0 radical (unpaired) electrons. The molecule has 18 aromatic rings. The van der Waals surface area contributed by atoms with Crippen LogP contribution in [0, 0.1) is 20.8 Å². The average Bonchev–Trinajstić information content (AvgIpc) is 1.51. The van der Waals surface area contributed by atoms with Crippen LogP contribution in [-0.2, 0) is 10.8 Å². The normalized spacial score (nSPS) is 14.8. The van der Waals surface area contributed by atoms with E-state index >= 15 is 0 Å². The predicted octanol–water partition coefficient (Wildman–Crippen LogP) is 26.0. The van der Waals surface area contributed by atoms with E-state index in [9.17, 15) is 0 Å². The number of hydrogen-bond acceptors (Lipinski definition) is 6. The minimum atomic E-state index is -0.728. The number of hydrogen-bond donors (Lipinski definition) is 0. The molecular weight excluding hydrogens is 1370 g/mol. The van der Waals surface area contributed by atoms with Gasteiger partial charge in [0, 0.05) is 63.4 Å². The molecule has 4 aliphatic rings. The highest BCUT2D eigenvalue weighted by Gasteiger charge is 2.54. The lowest BCUT2D eigenvalue weighted by Gasteiger charge is -2.31. The van der Waals surface area contributed by atoms with Gasteiger partial charge in [0.1, 0.15) is 0 Å². The summed E-state index contributed by atoms with van der Waals surface area (Å²) in [5, 5.41) is 0. The number of pyridine rings is 2. The first kappa shape index (κ1) is 65.6. The Morgan fingerprint density at radius 3 is 1.29 bits per heavy atom. The smallest absolute Gasteiger partial charge is 0.161 e. The van der Waals surface area contributed by atoms with Gasteiger partial charge in [0.2, 0.25) is 0 Å². The van der Waals surface area contributed by atoms with Crippen molar-refractivity contribution in [3.8, 4) is 168 Å². The maximum atomic E-state index is 5.81. The van der Waals surface area contributed by atoms with E-state index in [4.69, 9.17) is 19.9 Å². The van der Waals surface area contributed by atoms with Crippen LogP contribution in [0.25, 0.3) is 168 Å². The second-order valence-electron chi connectivity index (χ2n) is 30.4. The molecule has 528 valence electrons. The molecule has 113 heavy (non-hydrogen) atoms. The van der Waals surface area contributed by atoms with Gasteiger partial charge in [-0.25, -0.2) is 19.9 Å². The predicted molar refractivity (Wildman–Crippen MR) is 460 cm³/mol. The largest absolute Gasteiger partial charge is 0.264 e. The van der Waals surface area contributed by atoms with E-state index in [2.05, 4.69) is 377 Å². The number of benzene rings is 14. The molecule has 2 unspecified atom stereocenters. The van der Waals surface area contributed by atoms with E-state index < -0.39 is 10.8 Å². The summed E-state index contributed by atoms with van der Waals surface area (Å²) in [6, 6.07) is 130. The van der Waals surface area contributed by atoms with Crippen molar-refractivity contribution >= 4 is 0 Å². The molecule has 2 spiro atoms. The van der Waals surface area contributed by atoms with Crippen LogP contribution in [0.1, 0.15) is 61.5 Å². The van der Waals surface area contributed by atoms with E-state index in [1.165, 1.54) is 100 Å². The van der Waals surface area contributed by atoms with Crippen LogP contribution in [0.15, 0.2) is 370 Å². The lowest BCUT2D eigenvalue weighted by atomic mass is 9.70. The Kier molecular flexibility index (Phi) is 15.0. The van der Waals surface area contributed by atoms with Crippen LogP contribution in [0.3, 0.4) is 0 Å². The third-order valence-electron chi connectivity index (χ3n) is 24.3. The standard InChI is InChI=1S/C107H70N6/c1-65-64-108-56-54-80(65)70-48-46-69(47-49-70)73-51-53-93-89(61-73)84-33-10-13-40-90(84)107(93)95-44-20-37-83(102(95)87-52-50-79(62-97(87)107)104-110-66(2)57-98(111-104)77-31-16-27-72(58-77)68-23-6-4-7-24-68)76-30-18-32-78(60-76)100-63-99(71-25-8-5-9-26-71)112-105(113-100)88-38-21-45-96-103(88)86-35-12-15-42-92(86)106(96)91-41-14-11-34-85(91)101-82(36-19-43-94(101)106)75-29-17-28-74(59-75)81-39-22-55-109-67(81)3/h4-64H,1-3H3. The van der Waals surface area contributed by atoms with Gasteiger partial charge in [0.05, 0.1) is 27.9 Å². The molecule has 0 saturated carbocycles. The minimum Gasteiger partial charge on any atom is -0.264 e. The molecule has 6 nitrogen and oxygen atoms in total. The number of fused-ring (bicyclic) bond motifs is 20. The maximum absolute atomic E-state index is 5.81. The third-order valence-corrected chi connectivity index (χ3v) is 24.3. The van der Waals surface area contributed by atoms with Crippen molar-refractivity contribution in [3.63, 3.8) is 0 Å². The first-order chi connectivity index (χ1) is 55.7. The molecule has 0 amide bonds. The first-order valence-electron chi connectivity index (χ1n) is 38.9. The van der Waals surface area contributed by atoms with Crippen molar-refractivity contribution in [1.82, 2.24) is 29.9 Å². The highest BCUT2D eigenvalue weighted by atomic mass is 14.9. The van der Waals surface area contributed by atoms with Crippen LogP contribution in [0.5, 0.6) is 0 Å². The van der Waals surface area contributed by atoms with Crippen molar-refractivity contribution in [2.75, 3.05) is 0 Å². The SMILES string of the molecule is Cc1cc(-c2cccc(-c3ccccc3)c2)nc(-c2ccc3c(c2)C2(c4ccccc4-c4cc(-c5ccc(-c6ccncc6C)cc5)ccc42)c2cccc(-c4cccc(-c5cc(-c6ccccc6)nc(-c6cccc7c6-c6ccccc6C76c7ccccc7-c7c(-c8cccc(-c9cccnc9C)c8)cccc76)n5)c4)c2-3)n1. The zero-order valence-corrected chi connectivity index (χ0v) is 62.4. The van der Waals surface area contributed by atoms with E-state index in [0.717, 1.165) is 117 Å². The molecule has 0 saturated heterocycles. The summed E-state index contributed by atoms with van der Waals surface area (Å²) in [6.07, 6.45) is 5.68. The van der Waals surface area contributed by atoms with Crippen molar-refractivity contribution in [2.24, 2.45) is 0 Å². The molecule has 2 atom stereocenters. The van der Waals surface area contributed by atoms with Crippen LogP contribution in [0.4, 0.5) is 0 Å². The first-order valence-corrected chi connectivity index (χ1v) is 38.9. The summed E-state index contributed by atoms with van der Waals surface area (Å²) in [4.78, 5) is 31.3. The van der Waals surface area contributed by atoms with Crippen molar-refractivity contribution < 1.29 is 0 Å². The van der Waals surface area contributed by atoms with Gasteiger partial charge in [-0.3, -0.25) is 9.97 Å². The fourth-order valence-electron chi connectivity index (χ4n) is 19.4. The van der Waals surface area contributed by atoms with Crippen molar-refractivity contribution in [3.05, 3.63) is 432 Å². The fraction of sp³-hybridized carbons (Fsp3) is 0.0467. The van der Waals surface area contributed by atoms with Crippen LogP contribution in [0.2, 0.25) is 0 Å². The van der Waals surface area contributed by atoms with Gasteiger partial charge in [-0.05, 0) is 231 Å². The molecule has 4 aliphatic carbocycles. The number of rotatable bonds is 11. The summed E-state index contributed by atoms with van der Waals surface area (Å²) >= 11 is 0. The van der Waals surface area contributed by atoms with Gasteiger partial charge < -0.3 is 0 Å². The van der Waals surface area contributed by atoms with Gasteiger partial charge >= 0.3 is 0 Å². The second kappa shape index (κ2) is 25.8. The van der Waals surface area contributed by atoms with E-state index in [1.54, 1.807) is 0 Å². The Hall–Kier alpha value is -14.5. The molecule has 4 aromatic heterocycles. The monoisotopic (exact) mass is 1440 g/mol. The number of aryl methyl sites for hydroxylation is 3. The maximum Gasteiger partial charge on any atom is 0.161 e. The molecular formula is C107H70N6. The topological polar surface area (TPSA) is 77.3 Å². The summed E-state index contributed by atoms with van der Waals surface area (Å²) in [5.74, 6) is 1.34. The molecule has 6 heteroatoms. The van der Waals surface area contributed by atoms with Gasteiger partial charge in [-0.1, -0.05) is 297 Å².